The number of piperidine rings is 1. The average Bonchev–Trinajstić information content (AvgIpc) is 3.19. The molecule has 3 heterocycles. The molecule has 1 amide bonds. The number of carboxylic acids is 1. The van der Waals surface area contributed by atoms with Crippen molar-refractivity contribution in [3.05, 3.63) is 27.2 Å². The molecule has 0 spiro atoms. The number of imidazole rings is 1. The predicted octanol–water partition coefficient (Wildman–Crippen LogP) is 2.44. The number of carbonyl (C=O) groups is 2. The van der Waals surface area contributed by atoms with Gasteiger partial charge < -0.3 is 20.3 Å². The number of nitrogens with one attached hydrogen (secondary N) is 2. The van der Waals surface area contributed by atoms with Crippen molar-refractivity contribution in [1.82, 2.24) is 20.3 Å². The van der Waals surface area contributed by atoms with E-state index in [1.165, 1.54) is 0 Å². The quantitative estimate of drug-likeness (QED) is 0.691. The SMILES string of the molecule is CCc1[nH]c(C(=O)N[C@@H]2CCN(c3nc(C)c(C(=O)O)s3)C[C@H]2F)nc1Cl. The second-order valence-electron chi connectivity index (χ2n) is 6.26. The maximum atomic E-state index is 14.6. The zero-order valence-corrected chi connectivity index (χ0v) is 16.3. The Balaban J connectivity index is 1.63. The fourth-order valence-electron chi connectivity index (χ4n) is 2.92. The molecular formula is C16H19ClFN5O3S. The fourth-order valence-corrected chi connectivity index (χ4v) is 4.13. The summed E-state index contributed by atoms with van der Waals surface area (Å²) in [4.78, 5) is 36.3. The number of thiazole rings is 1. The Morgan fingerprint density at radius 2 is 2.22 bits per heavy atom. The molecule has 146 valence electrons. The van der Waals surface area contributed by atoms with Crippen LogP contribution in [-0.4, -0.2) is 57.2 Å². The third-order valence-corrected chi connectivity index (χ3v) is 5.92. The van der Waals surface area contributed by atoms with Crippen molar-refractivity contribution < 1.29 is 19.1 Å². The van der Waals surface area contributed by atoms with Gasteiger partial charge in [0.25, 0.3) is 5.91 Å². The minimum Gasteiger partial charge on any atom is -0.477 e. The number of aromatic carboxylic acids is 1. The molecule has 0 aliphatic carbocycles. The third-order valence-electron chi connectivity index (χ3n) is 4.40. The number of anilines is 1. The number of aromatic nitrogens is 3. The summed E-state index contributed by atoms with van der Waals surface area (Å²) >= 11 is 6.96. The highest BCUT2D eigenvalue weighted by atomic mass is 35.5. The van der Waals surface area contributed by atoms with Gasteiger partial charge in [0.2, 0.25) is 0 Å². The van der Waals surface area contributed by atoms with Crippen LogP contribution in [0, 0.1) is 6.92 Å². The largest absolute Gasteiger partial charge is 0.477 e. The summed E-state index contributed by atoms with van der Waals surface area (Å²) in [5.41, 5.74) is 1.07. The number of aromatic amines is 1. The number of carbonyl (C=O) groups excluding carboxylic acids is 1. The first-order chi connectivity index (χ1) is 12.8. The first kappa shape index (κ1) is 19.6. The van der Waals surface area contributed by atoms with Gasteiger partial charge in [-0.3, -0.25) is 4.79 Å². The van der Waals surface area contributed by atoms with Crippen LogP contribution in [0.1, 0.15) is 45.0 Å². The number of hydrogen-bond donors (Lipinski definition) is 3. The molecule has 27 heavy (non-hydrogen) atoms. The van der Waals surface area contributed by atoms with Crippen molar-refractivity contribution in [2.45, 2.75) is 38.9 Å². The molecule has 1 aliphatic heterocycles. The second-order valence-corrected chi connectivity index (χ2v) is 7.59. The molecule has 1 fully saturated rings. The van der Waals surface area contributed by atoms with Crippen LogP contribution in [0.25, 0.3) is 0 Å². The molecule has 1 saturated heterocycles. The minimum atomic E-state index is -1.32. The molecule has 2 aromatic rings. The number of halogens is 2. The molecule has 2 aromatic heterocycles. The molecular weight excluding hydrogens is 397 g/mol. The van der Waals surface area contributed by atoms with Crippen LogP contribution in [-0.2, 0) is 6.42 Å². The van der Waals surface area contributed by atoms with Crippen LogP contribution < -0.4 is 10.2 Å². The number of H-pyrrole nitrogens is 1. The molecule has 1 aliphatic rings. The Bertz CT molecular complexity index is 870. The molecule has 0 aromatic carbocycles. The van der Waals surface area contributed by atoms with Crippen LogP contribution in [0.15, 0.2) is 0 Å². The van der Waals surface area contributed by atoms with Gasteiger partial charge in [0.05, 0.1) is 24.0 Å². The average molecular weight is 416 g/mol. The van der Waals surface area contributed by atoms with E-state index in [4.69, 9.17) is 16.7 Å². The summed E-state index contributed by atoms with van der Waals surface area (Å²) in [6, 6.07) is -0.664. The Kier molecular flexibility index (Phi) is 5.66. The first-order valence-electron chi connectivity index (χ1n) is 8.45. The Hall–Kier alpha value is -2.20. The highest BCUT2D eigenvalue weighted by molar-refractivity contribution is 7.17. The van der Waals surface area contributed by atoms with Crippen LogP contribution in [0.4, 0.5) is 9.52 Å². The molecule has 8 nitrogen and oxygen atoms in total. The zero-order valence-electron chi connectivity index (χ0n) is 14.8. The monoisotopic (exact) mass is 415 g/mol. The van der Waals surface area contributed by atoms with E-state index in [2.05, 4.69) is 20.3 Å². The van der Waals surface area contributed by atoms with Gasteiger partial charge in [0.15, 0.2) is 16.1 Å². The lowest BCUT2D eigenvalue weighted by Gasteiger charge is -2.34. The number of carboxylic acid groups (broad SMARTS) is 1. The lowest BCUT2D eigenvalue weighted by Crippen LogP contribution is -2.52. The van der Waals surface area contributed by atoms with Gasteiger partial charge in [-0.05, 0) is 19.8 Å². The van der Waals surface area contributed by atoms with Gasteiger partial charge in [0, 0.05) is 6.54 Å². The van der Waals surface area contributed by atoms with E-state index in [1.54, 1.807) is 11.8 Å². The van der Waals surface area contributed by atoms with Gasteiger partial charge in [-0.15, -0.1) is 0 Å². The van der Waals surface area contributed by atoms with Gasteiger partial charge in [-0.25, -0.2) is 19.2 Å². The molecule has 0 unspecified atom stereocenters. The Labute approximate surface area is 163 Å². The molecule has 3 N–H and O–H groups in total. The fraction of sp³-hybridized carbons (Fsp3) is 0.500. The Morgan fingerprint density at radius 1 is 1.48 bits per heavy atom. The normalized spacial score (nSPS) is 19.9. The molecule has 11 heteroatoms. The molecule has 0 saturated carbocycles. The zero-order chi connectivity index (χ0) is 19.7. The summed E-state index contributed by atoms with van der Waals surface area (Å²) in [6.07, 6.45) is -0.353. The summed E-state index contributed by atoms with van der Waals surface area (Å²) in [5.74, 6) is -1.48. The topological polar surface area (TPSA) is 111 Å². The molecule has 0 bridgehead atoms. The number of hydrogen-bond acceptors (Lipinski definition) is 6. The van der Waals surface area contributed by atoms with Gasteiger partial charge in [0.1, 0.15) is 11.0 Å². The maximum Gasteiger partial charge on any atom is 0.347 e. The molecule has 3 rings (SSSR count). The van der Waals surface area contributed by atoms with Crippen molar-refractivity contribution in [3.63, 3.8) is 0 Å². The third kappa shape index (κ3) is 4.06. The van der Waals surface area contributed by atoms with E-state index in [0.29, 0.717) is 35.9 Å². The lowest BCUT2D eigenvalue weighted by atomic mass is 10.0. The van der Waals surface area contributed by atoms with Gasteiger partial charge >= 0.3 is 5.97 Å². The summed E-state index contributed by atoms with van der Waals surface area (Å²) < 4.78 is 14.6. The van der Waals surface area contributed by atoms with Crippen LogP contribution in [0.3, 0.4) is 0 Å². The Morgan fingerprint density at radius 3 is 2.78 bits per heavy atom. The maximum absolute atomic E-state index is 14.6. The van der Waals surface area contributed by atoms with Crippen LogP contribution >= 0.6 is 22.9 Å². The summed E-state index contributed by atoms with van der Waals surface area (Å²) in [6.45, 7) is 3.97. The second kappa shape index (κ2) is 7.81. The van der Waals surface area contributed by atoms with E-state index in [9.17, 15) is 14.0 Å². The first-order valence-corrected chi connectivity index (χ1v) is 9.64. The van der Waals surface area contributed by atoms with Crippen LogP contribution in [0.2, 0.25) is 5.15 Å². The van der Waals surface area contributed by atoms with Crippen molar-refractivity contribution in [1.29, 1.82) is 0 Å². The highest BCUT2D eigenvalue weighted by Gasteiger charge is 2.33. The van der Waals surface area contributed by atoms with Crippen LogP contribution in [0.5, 0.6) is 0 Å². The van der Waals surface area contributed by atoms with E-state index >= 15 is 0 Å². The van der Waals surface area contributed by atoms with Crippen molar-refractivity contribution in [2.75, 3.05) is 18.0 Å². The standard InChI is InChI=1S/C16H19ClFN5O3S/c1-3-9-12(17)22-13(20-9)14(24)21-10-4-5-23(6-8(10)18)16-19-7(2)11(27-16)15(25)26/h8,10H,3-6H2,1-2H3,(H,20,22)(H,21,24)(H,25,26)/t8-,10-/m1/s1. The number of rotatable bonds is 5. The highest BCUT2D eigenvalue weighted by Crippen LogP contribution is 2.29. The van der Waals surface area contributed by atoms with Crippen molar-refractivity contribution in [2.24, 2.45) is 0 Å². The van der Waals surface area contributed by atoms with Crippen molar-refractivity contribution in [3.8, 4) is 0 Å². The minimum absolute atomic E-state index is 0.0239. The van der Waals surface area contributed by atoms with E-state index < -0.39 is 24.1 Å². The summed E-state index contributed by atoms with van der Waals surface area (Å²) in [7, 11) is 0. The van der Waals surface area contributed by atoms with Gasteiger partial charge in [-0.2, -0.15) is 0 Å². The molecule has 0 radical (unpaired) electrons. The number of amides is 1. The summed E-state index contributed by atoms with van der Waals surface area (Å²) in [5, 5.41) is 12.5. The van der Waals surface area contributed by atoms with Gasteiger partial charge in [-0.1, -0.05) is 29.9 Å². The van der Waals surface area contributed by atoms with Crippen molar-refractivity contribution >= 4 is 39.9 Å². The molecule has 2 atom stereocenters. The number of nitrogens with zero attached hydrogens (tertiary/aromatic N) is 3. The number of alkyl halides is 1. The van der Waals surface area contributed by atoms with E-state index in [1.807, 2.05) is 6.92 Å². The lowest BCUT2D eigenvalue weighted by molar-refractivity contribution is 0.0700. The van der Waals surface area contributed by atoms with E-state index in [0.717, 1.165) is 11.3 Å². The number of aryl methyl sites for hydroxylation is 2. The smallest absolute Gasteiger partial charge is 0.347 e. The predicted molar refractivity (Wildman–Crippen MR) is 99.8 cm³/mol. The van der Waals surface area contributed by atoms with E-state index in [-0.39, 0.29) is 22.4 Å².